The summed E-state index contributed by atoms with van der Waals surface area (Å²) in [4.78, 5) is 19.7. The maximum Gasteiger partial charge on any atom is 0.266 e. The Labute approximate surface area is 86.5 Å². The molecule has 0 unspecified atom stereocenters. The number of hydrogen-bond donors (Lipinski definition) is 2. The summed E-state index contributed by atoms with van der Waals surface area (Å²) in [7, 11) is 3.81. The van der Waals surface area contributed by atoms with Gasteiger partial charge >= 0.3 is 0 Å². The monoisotopic (exact) mass is 204 g/mol. The average molecular weight is 204 g/mol. The molecule has 1 aromatic carbocycles. The lowest BCUT2D eigenvalue weighted by Gasteiger charge is -2.15. The molecule has 0 aliphatic heterocycles. The van der Waals surface area contributed by atoms with Gasteiger partial charge < -0.3 is 15.6 Å². The van der Waals surface area contributed by atoms with Crippen LogP contribution in [0.15, 0.2) is 23.1 Å². The van der Waals surface area contributed by atoms with Crippen LogP contribution in [0.3, 0.4) is 0 Å². The summed E-state index contributed by atoms with van der Waals surface area (Å²) in [5.41, 5.74) is 8.52. The Morgan fingerprint density at radius 3 is 2.80 bits per heavy atom. The van der Waals surface area contributed by atoms with Gasteiger partial charge in [-0.15, -0.1) is 0 Å². The normalized spacial score (nSPS) is 10.5. The summed E-state index contributed by atoms with van der Waals surface area (Å²) < 4.78 is 0. The van der Waals surface area contributed by atoms with Crippen LogP contribution < -0.4 is 16.2 Å². The number of anilines is 2. The quantitative estimate of drug-likeness (QED) is 0.666. The number of H-pyrrole nitrogens is 1. The summed E-state index contributed by atoms with van der Waals surface area (Å²) in [6.07, 6.45) is 1.26. The van der Waals surface area contributed by atoms with E-state index in [2.05, 4.69) is 9.97 Å². The average Bonchev–Trinajstić information content (AvgIpc) is 2.15. The van der Waals surface area contributed by atoms with E-state index in [1.54, 1.807) is 6.07 Å². The lowest BCUT2D eigenvalue weighted by Crippen LogP contribution is -2.12. The Bertz CT molecular complexity index is 559. The van der Waals surface area contributed by atoms with E-state index in [9.17, 15) is 4.79 Å². The molecule has 5 heteroatoms. The summed E-state index contributed by atoms with van der Waals surface area (Å²) in [6.45, 7) is 0. The predicted molar refractivity (Wildman–Crippen MR) is 61.1 cm³/mol. The van der Waals surface area contributed by atoms with Gasteiger partial charge in [0.25, 0.3) is 5.56 Å². The third-order valence-electron chi connectivity index (χ3n) is 2.21. The molecular formula is C10H12N4O. The minimum atomic E-state index is -0.223. The lowest BCUT2D eigenvalue weighted by atomic mass is 10.2. The number of aromatic nitrogens is 2. The number of nitrogen functional groups attached to an aromatic ring is 1. The van der Waals surface area contributed by atoms with E-state index in [0.29, 0.717) is 11.2 Å². The largest absolute Gasteiger partial charge is 0.397 e. The van der Waals surface area contributed by atoms with E-state index < -0.39 is 0 Å². The van der Waals surface area contributed by atoms with Crippen molar-refractivity contribution in [1.29, 1.82) is 0 Å². The maximum atomic E-state index is 11.0. The molecule has 5 nitrogen and oxygen atoms in total. The van der Waals surface area contributed by atoms with Crippen LogP contribution in [0.1, 0.15) is 0 Å². The highest BCUT2D eigenvalue weighted by Crippen LogP contribution is 2.24. The molecule has 3 N–H and O–H groups in total. The van der Waals surface area contributed by atoms with Crippen molar-refractivity contribution in [1.82, 2.24) is 9.97 Å². The predicted octanol–water partition coefficient (Wildman–Crippen LogP) is 0.571. The van der Waals surface area contributed by atoms with Gasteiger partial charge in [0.1, 0.15) is 0 Å². The molecule has 2 aromatic rings. The van der Waals surface area contributed by atoms with Crippen molar-refractivity contribution in [2.75, 3.05) is 24.7 Å². The molecule has 0 saturated carbocycles. The Morgan fingerprint density at radius 1 is 1.40 bits per heavy atom. The Kier molecular flexibility index (Phi) is 2.07. The summed E-state index contributed by atoms with van der Waals surface area (Å²) in [5.74, 6) is 0. The summed E-state index contributed by atoms with van der Waals surface area (Å²) in [5, 5.41) is 0. The van der Waals surface area contributed by atoms with Crippen molar-refractivity contribution in [3.8, 4) is 0 Å². The van der Waals surface area contributed by atoms with E-state index >= 15 is 0 Å². The molecule has 0 bridgehead atoms. The van der Waals surface area contributed by atoms with E-state index in [1.165, 1.54) is 6.20 Å². The molecule has 0 aliphatic rings. The minimum absolute atomic E-state index is 0.223. The van der Waals surface area contributed by atoms with Gasteiger partial charge in [0.05, 0.1) is 28.6 Å². The Morgan fingerprint density at radius 2 is 2.13 bits per heavy atom. The lowest BCUT2D eigenvalue weighted by molar-refractivity contribution is 1.13. The first-order chi connectivity index (χ1) is 7.08. The molecule has 78 valence electrons. The highest BCUT2D eigenvalue weighted by molar-refractivity contribution is 5.86. The molecular weight excluding hydrogens is 192 g/mol. The molecule has 1 heterocycles. The van der Waals surface area contributed by atoms with Crippen LogP contribution in [0.5, 0.6) is 0 Å². The first-order valence-electron chi connectivity index (χ1n) is 4.54. The molecule has 0 radical (unpaired) electrons. The number of nitrogens with zero attached hydrogens (tertiary/aromatic N) is 2. The van der Waals surface area contributed by atoms with Gasteiger partial charge in [0.15, 0.2) is 0 Å². The molecule has 0 saturated heterocycles. The fraction of sp³-hybridized carbons (Fsp3) is 0.200. The molecule has 1 aromatic heterocycles. The SMILES string of the molecule is CN(C)c1cc2ncc(=O)[nH]c2cc1N. The molecule has 2 rings (SSSR count). The second-order valence-electron chi connectivity index (χ2n) is 3.57. The zero-order valence-electron chi connectivity index (χ0n) is 8.61. The molecule has 0 amide bonds. The molecule has 0 spiro atoms. The van der Waals surface area contributed by atoms with Gasteiger partial charge in [0, 0.05) is 14.1 Å². The number of rotatable bonds is 1. The van der Waals surface area contributed by atoms with Crippen LogP contribution in [0.4, 0.5) is 11.4 Å². The topological polar surface area (TPSA) is 75.0 Å². The minimum Gasteiger partial charge on any atom is -0.397 e. The smallest absolute Gasteiger partial charge is 0.266 e. The van der Waals surface area contributed by atoms with Crippen molar-refractivity contribution in [3.63, 3.8) is 0 Å². The van der Waals surface area contributed by atoms with Crippen molar-refractivity contribution in [3.05, 3.63) is 28.7 Å². The Balaban J connectivity index is 2.76. The van der Waals surface area contributed by atoms with E-state index in [4.69, 9.17) is 5.73 Å². The number of nitrogens with one attached hydrogen (secondary N) is 1. The first-order valence-corrected chi connectivity index (χ1v) is 4.54. The number of benzene rings is 1. The van der Waals surface area contributed by atoms with Gasteiger partial charge in [-0.2, -0.15) is 0 Å². The van der Waals surface area contributed by atoms with Gasteiger partial charge in [-0.05, 0) is 12.1 Å². The van der Waals surface area contributed by atoms with Crippen molar-refractivity contribution in [2.45, 2.75) is 0 Å². The van der Waals surface area contributed by atoms with Crippen LogP contribution in [-0.4, -0.2) is 24.1 Å². The van der Waals surface area contributed by atoms with Crippen LogP contribution >= 0.6 is 0 Å². The third kappa shape index (κ3) is 1.63. The van der Waals surface area contributed by atoms with Crippen LogP contribution in [0.2, 0.25) is 0 Å². The van der Waals surface area contributed by atoms with Crippen molar-refractivity contribution in [2.24, 2.45) is 0 Å². The van der Waals surface area contributed by atoms with E-state index in [-0.39, 0.29) is 5.56 Å². The molecule has 15 heavy (non-hydrogen) atoms. The second kappa shape index (κ2) is 3.27. The zero-order valence-corrected chi connectivity index (χ0v) is 8.61. The maximum absolute atomic E-state index is 11.0. The molecule has 0 fully saturated rings. The number of aromatic amines is 1. The zero-order chi connectivity index (χ0) is 11.0. The first kappa shape index (κ1) is 9.51. The standard InChI is InChI=1S/C10H12N4O/c1-14(2)9-4-7-8(3-6(9)11)13-10(15)5-12-7/h3-5H,11H2,1-2H3,(H,13,15). The van der Waals surface area contributed by atoms with Crippen molar-refractivity contribution < 1.29 is 0 Å². The highest BCUT2D eigenvalue weighted by Gasteiger charge is 2.05. The van der Waals surface area contributed by atoms with Gasteiger partial charge in [-0.25, -0.2) is 4.98 Å². The van der Waals surface area contributed by atoms with Crippen LogP contribution in [-0.2, 0) is 0 Å². The number of hydrogen-bond acceptors (Lipinski definition) is 4. The fourth-order valence-corrected chi connectivity index (χ4v) is 1.48. The fourth-order valence-electron chi connectivity index (χ4n) is 1.48. The Hall–Kier alpha value is -2.04. The second-order valence-corrected chi connectivity index (χ2v) is 3.57. The molecule has 0 aliphatic carbocycles. The van der Waals surface area contributed by atoms with E-state index in [1.807, 2.05) is 25.1 Å². The third-order valence-corrected chi connectivity index (χ3v) is 2.21. The number of fused-ring (bicyclic) bond motifs is 1. The summed E-state index contributed by atoms with van der Waals surface area (Å²) in [6, 6.07) is 3.57. The van der Waals surface area contributed by atoms with Gasteiger partial charge in [-0.1, -0.05) is 0 Å². The van der Waals surface area contributed by atoms with Crippen LogP contribution in [0.25, 0.3) is 11.0 Å². The number of nitrogens with two attached hydrogens (primary N) is 1. The van der Waals surface area contributed by atoms with E-state index in [0.717, 1.165) is 11.2 Å². The summed E-state index contributed by atoms with van der Waals surface area (Å²) >= 11 is 0. The van der Waals surface area contributed by atoms with Crippen molar-refractivity contribution >= 4 is 22.4 Å². The highest BCUT2D eigenvalue weighted by atomic mass is 16.1. The molecule has 0 atom stereocenters. The van der Waals surface area contributed by atoms with Gasteiger partial charge in [0.2, 0.25) is 0 Å². The van der Waals surface area contributed by atoms with Gasteiger partial charge in [-0.3, -0.25) is 4.79 Å². The van der Waals surface area contributed by atoms with Crippen LogP contribution in [0, 0.1) is 0 Å².